The van der Waals surface area contributed by atoms with Crippen LogP contribution in [0, 0.1) is 10.1 Å². The molecule has 1 rings (SSSR count). The third-order valence-electron chi connectivity index (χ3n) is 2.07. The fourth-order valence-corrected chi connectivity index (χ4v) is 2.28. The van der Waals surface area contributed by atoms with Gasteiger partial charge < -0.3 is 0 Å². The highest BCUT2D eigenvalue weighted by atomic mass is 35.5. The lowest BCUT2D eigenvalue weighted by atomic mass is 10.1. The molecule has 0 aliphatic rings. The Morgan fingerprint density at radius 1 is 1.56 bits per heavy atom. The molecule has 0 spiro atoms. The molecule has 0 aliphatic heterocycles. The topological polar surface area (TPSA) is 60.2 Å². The summed E-state index contributed by atoms with van der Waals surface area (Å²) in [5.41, 5.74) is 0.177. The minimum Gasteiger partial charge on any atom is -0.298 e. The SMILES string of the molecule is CSc1cccc([N+](=O)[O-])c1C(Cl)C(C)=O. The van der Waals surface area contributed by atoms with Crippen molar-refractivity contribution in [2.24, 2.45) is 0 Å². The Labute approximate surface area is 102 Å². The van der Waals surface area contributed by atoms with Crippen molar-refractivity contribution in [3.63, 3.8) is 0 Å². The first-order valence-electron chi connectivity index (χ1n) is 4.44. The lowest BCUT2D eigenvalue weighted by Gasteiger charge is -2.10. The Hall–Kier alpha value is -1.07. The summed E-state index contributed by atoms with van der Waals surface area (Å²) in [5.74, 6) is -0.300. The van der Waals surface area contributed by atoms with Gasteiger partial charge in [-0.1, -0.05) is 6.07 Å². The summed E-state index contributed by atoms with van der Waals surface area (Å²) in [6.45, 7) is 1.32. The number of Topliss-reactive ketones (excluding diaryl/α,β-unsaturated/α-hetero) is 1. The van der Waals surface area contributed by atoms with Crippen LogP contribution in [0.3, 0.4) is 0 Å². The van der Waals surface area contributed by atoms with Crippen LogP contribution < -0.4 is 0 Å². The molecular formula is C10H10ClNO3S. The number of nitro benzene ring substituents is 1. The van der Waals surface area contributed by atoms with Crippen molar-refractivity contribution < 1.29 is 9.72 Å². The monoisotopic (exact) mass is 259 g/mol. The Kier molecular flexibility index (Phi) is 4.32. The van der Waals surface area contributed by atoms with Crippen LogP contribution in [-0.2, 0) is 4.79 Å². The number of benzene rings is 1. The van der Waals surface area contributed by atoms with Gasteiger partial charge in [0.05, 0.1) is 10.5 Å². The highest BCUT2D eigenvalue weighted by Crippen LogP contribution is 2.37. The zero-order valence-electron chi connectivity index (χ0n) is 8.77. The molecule has 1 aromatic carbocycles. The number of ketones is 1. The number of thioether (sulfide) groups is 1. The highest BCUT2D eigenvalue weighted by Gasteiger charge is 2.26. The van der Waals surface area contributed by atoms with Gasteiger partial charge in [0.2, 0.25) is 0 Å². The number of carbonyl (C=O) groups is 1. The maximum atomic E-state index is 11.2. The molecule has 0 fully saturated rings. The predicted octanol–water partition coefficient (Wildman–Crippen LogP) is 3.19. The molecule has 0 radical (unpaired) electrons. The fourth-order valence-electron chi connectivity index (χ4n) is 1.33. The summed E-state index contributed by atoms with van der Waals surface area (Å²) in [4.78, 5) is 22.2. The van der Waals surface area contributed by atoms with Gasteiger partial charge in [-0.05, 0) is 19.2 Å². The number of alkyl halides is 1. The molecule has 1 unspecified atom stereocenters. The summed E-state index contributed by atoms with van der Waals surface area (Å²) in [6.07, 6.45) is 1.78. The molecule has 4 nitrogen and oxygen atoms in total. The normalized spacial score (nSPS) is 12.2. The van der Waals surface area contributed by atoms with Crippen molar-refractivity contribution in [2.75, 3.05) is 6.26 Å². The number of rotatable bonds is 4. The number of nitro groups is 1. The molecule has 1 atom stereocenters. The highest BCUT2D eigenvalue weighted by molar-refractivity contribution is 7.98. The van der Waals surface area contributed by atoms with E-state index in [1.165, 1.54) is 24.8 Å². The van der Waals surface area contributed by atoms with E-state index >= 15 is 0 Å². The molecule has 0 amide bonds. The molecule has 86 valence electrons. The molecule has 16 heavy (non-hydrogen) atoms. The van der Waals surface area contributed by atoms with Crippen LogP contribution in [0.2, 0.25) is 0 Å². The zero-order valence-corrected chi connectivity index (χ0v) is 10.3. The van der Waals surface area contributed by atoms with Crippen molar-refractivity contribution in [3.05, 3.63) is 33.9 Å². The quantitative estimate of drug-likeness (QED) is 0.361. The Bertz CT molecular complexity index is 436. The first-order chi connectivity index (χ1) is 7.49. The minimum absolute atomic E-state index is 0.109. The van der Waals surface area contributed by atoms with E-state index in [1.807, 2.05) is 0 Å². The maximum absolute atomic E-state index is 11.2. The van der Waals surface area contributed by atoms with Crippen molar-refractivity contribution in [3.8, 4) is 0 Å². The van der Waals surface area contributed by atoms with Gasteiger partial charge >= 0.3 is 0 Å². The Morgan fingerprint density at radius 2 is 2.19 bits per heavy atom. The van der Waals surface area contributed by atoms with Crippen LogP contribution in [0.5, 0.6) is 0 Å². The summed E-state index contributed by atoms with van der Waals surface area (Å²) < 4.78 is 0. The third-order valence-corrected chi connectivity index (χ3v) is 3.39. The van der Waals surface area contributed by atoms with E-state index in [0.717, 1.165) is 0 Å². The summed E-state index contributed by atoms with van der Waals surface area (Å²) in [5, 5.41) is 9.87. The second-order valence-electron chi connectivity index (χ2n) is 3.12. The lowest BCUT2D eigenvalue weighted by Crippen LogP contribution is -2.06. The first-order valence-corrected chi connectivity index (χ1v) is 6.11. The summed E-state index contributed by atoms with van der Waals surface area (Å²) in [7, 11) is 0. The molecule has 0 aromatic heterocycles. The summed E-state index contributed by atoms with van der Waals surface area (Å²) in [6, 6.07) is 4.65. The van der Waals surface area contributed by atoms with E-state index in [0.29, 0.717) is 4.90 Å². The maximum Gasteiger partial charge on any atom is 0.275 e. The number of hydrogen-bond acceptors (Lipinski definition) is 4. The molecule has 6 heteroatoms. The molecule has 0 aliphatic carbocycles. The smallest absolute Gasteiger partial charge is 0.275 e. The van der Waals surface area contributed by atoms with Crippen LogP contribution >= 0.6 is 23.4 Å². The number of hydrogen-bond donors (Lipinski definition) is 0. The van der Waals surface area contributed by atoms with Gasteiger partial charge in [-0.15, -0.1) is 23.4 Å². The van der Waals surface area contributed by atoms with Crippen LogP contribution in [0.15, 0.2) is 23.1 Å². The summed E-state index contributed by atoms with van der Waals surface area (Å²) >= 11 is 7.24. The Balaban J connectivity index is 3.41. The van der Waals surface area contributed by atoms with Crippen molar-refractivity contribution in [1.82, 2.24) is 0 Å². The largest absolute Gasteiger partial charge is 0.298 e. The Morgan fingerprint density at radius 3 is 2.62 bits per heavy atom. The standard InChI is InChI=1S/C10H10ClNO3S/c1-6(13)10(11)9-7(12(14)15)4-3-5-8(9)16-2/h3-5,10H,1-2H3. The van der Waals surface area contributed by atoms with Crippen molar-refractivity contribution in [1.29, 1.82) is 0 Å². The van der Waals surface area contributed by atoms with Crippen molar-refractivity contribution in [2.45, 2.75) is 17.2 Å². The van der Waals surface area contributed by atoms with Gasteiger partial charge in [0.1, 0.15) is 5.38 Å². The molecule has 1 aromatic rings. The van der Waals surface area contributed by atoms with Crippen LogP contribution in [0.1, 0.15) is 17.9 Å². The number of carbonyl (C=O) groups excluding carboxylic acids is 1. The van der Waals surface area contributed by atoms with Gasteiger partial charge in [0.15, 0.2) is 5.78 Å². The van der Waals surface area contributed by atoms with Gasteiger partial charge in [0.25, 0.3) is 5.69 Å². The van der Waals surface area contributed by atoms with Gasteiger partial charge in [0, 0.05) is 11.0 Å². The molecule has 0 saturated heterocycles. The minimum atomic E-state index is -0.968. The first kappa shape index (κ1) is 13.0. The van der Waals surface area contributed by atoms with Crippen LogP contribution in [0.25, 0.3) is 0 Å². The number of halogens is 1. The molecule has 0 saturated carbocycles. The van der Waals surface area contributed by atoms with E-state index in [-0.39, 0.29) is 17.0 Å². The third kappa shape index (κ3) is 2.54. The zero-order chi connectivity index (χ0) is 12.3. The lowest BCUT2D eigenvalue weighted by molar-refractivity contribution is -0.385. The van der Waals surface area contributed by atoms with E-state index in [4.69, 9.17) is 11.6 Å². The predicted molar refractivity (Wildman–Crippen MR) is 64.2 cm³/mol. The molecule has 0 heterocycles. The second kappa shape index (κ2) is 5.32. The average Bonchev–Trinajstić information content (AvgIpc) is 2.26. The van der Waals surface area contributed by atoms with Gasteiger partial charge in [-0.3, -0.25) is 14.9 Å². The average molecular weight is 260 g/mol. The number of nitrogens with zero attached hydrogens (tertiary/aromatic N) is 1. The van der Waals surface area contributed by atoms with E-state index in [1.54, 1.807) is 18.4 Å². The molecular weight excluding hydrogens is 250 g/mol. The fraction of sp³-hybridized carbons (Fsp3) is 0.300. The molecule has 0 bridgehead atoms. The van der Waals surface area contributed by atoms with Gasteiger partial charge in [-0.25, -0.2) is 0 Å². The van der Waals surface area contributed by atoms with Gasteiger partial charge in [-0.2, -0.15) is 0 Å². The van der Waals surface area contributed by atoms with Crippen molar-refractivity contribution >= 4 is 34.8 Å². The van der Waals surface area contributed by atoms with Crippen LogP contribution in [-0.4, -0.2) is 17.0 Å². The van der Waals surface area contributed by atoms with E-state index in [2.05, 4.69) is 0 Å². The van der Waals surface area contributed by atoms with E-state index < -0.39 is 10.3 Å². The van der Waals surface area contributed by atoms with Crippen LogP contribution in [0.4, 0.5) is 5.69 Å². The van der Waals surface area contributed by atoms with E-state index in [9.17, 15) is 14.9 Å². The second-order valence-corrected chi connectivity index (χ2v) is 4.41. The molecule has 0 N–H and O–H groups in total.